The van der Waals surface area contributed by atoms with E-state index in [1.807, 2.05) is 36.4 Å². The summed E-state index contributed by atoms with van der Waals surface area (Å²) >= 11 is 0. The van der Waals surface area contributed by atoms with E-state index in [0.29, 0.717) is 19.8 Å². The Morgan fingerprint density at radius 1 is 1.00 bits per heavy atom. The van der Waals surface area contributed by atoms with Crippen molar-refractivity contribution in [2.24, 2.45) is 5.92 Å². The van der Waals surface area contributed by atoms with Crippen LogP contribution in [0.15, 0.2) is 48.5 Å². The number of hydrogen-bond acceptors (Lipinski definition) is 4. The Kier molecular flexibility index (Phi) is 4.27. The molecular formula is C21H19NO3. The first-order valence-corrected chi connectivity index (χ1v) is 8.43. The largest absolute Gasteiger partial charge is 0.464 e. The molecule has 0 N–H and O–H groups in total. The van der Waals surface area contributed by atoms with Gasteiger partial charge in [0.2, 0.25) is 0 Å². The van der Waals surface area contributed by atoms with Crippen LogP contribution in [0.4, 0.5) is 0 Å². The lowest BCUT2D eigenvalue weighted by atomic mass is 10.1. The monoisotopic (exact) mass is 333 g/mol. The molecular weight excluding hydrogens is 314 g/mol. The Morgan fingerprint density at radius 2 is 1.64 bits per heavy atom. The van der Waals surface area contributed by atoms with Gasteiger partial charge >= 0.3 is 5.97 Å². The Labute approximate surface area is 147 Å². The minimum atomic E-state index is -0.263. The summed E-state index contributed by atoms with van der Waals surface area (Å²) in [5.74, 6) is 6.33. The average Bonchev–Trinajstić information content (AvgIpc) is 3.19. The Bertz CT molecular complexity index is 830. The van der Waals surface area contributed by atoms with Crippen LogP contribution in [-0.2, 0) is 20.9 Å². The molecule has 0 unspecified atom stereocenters. The van der Waals surface area contributed by atoms with Crippen LogP contribution in [0, 0.1) is 24.7 Å². The molecule has 2 fully saturated rings. The van der Waals surface area contributed by atoms with Crippen LogP contribution < -0.4 is 0 Å². The van der Waals surface area contributed by atoms with Crippen molar-refractivity contribution in [3.63, 3.8) is 0 Å². The molecule has 0 aliphatic carbocycles. The van der Waals surface area contributed by atoms with Crippen molar-refractivity contribution in [1.82, 2.24) is 5.06 Å². The zero-order valence-electron chi connectivity index (χ0n) is 14.1. The quantitative estimate of drug-likeness (QED) is 0.626. The molecule has 2 heterocycles. The fraction of sp³-hybridized carbons (Fsp3) is 0.286. The first-order valence-electron chi connectivity index (χ1n) is 8.43. The summed E-state index contributed by atoms with van der Waals surface area (Å²) in [5.41, 5.74) is 4.28. The van der Waals surface area contributed by atoms with Gasteiger partial charge in [-0.05, 0) is 36.8 Å². The Morgan fingerprint density at radius 3 is 2.32 bits per heavy atom. The van der Waals surface area contributed by atoms with Gasteiger partial charge in [-0.25, -0.2) is 0 Å². The topological polar surface area (TPSA) is 38.8 Å². The summed E-state index contributed by atoms with van der Waals surface area (Å²) in [7, 11) is 0. The number of nitrogens with zero attached hydrogens (tertiary/aromatic N) is 1. The van der Waals surface area contributed by atoms with Gasteiger partial charge in [0.1, 0.15) is 6.04 Å². The molecule has 25 heavy (non-hydrogen) atoms. The maximum absolute atomic E-state index is 11.8. The summed E-state index contributed by atoms with van der Waals surface area (Å²) in [4.78, 5) is 17.4. The molecule has 0 aromatic heterocycles. The highest BCUT2D eigenvalue weighted by molar-refractivity contribution is 5.78. The molecule has 2 atom stereocenters. The van der Waals surface area contributed by atoms with Gasteiger partial charge in [-0.1, -0.05) is 41.7 Å². The minimum absolute atomic E-state index is 0.159. The number of carbonyl (C=O) groups is 1. The van der Waals surface area contributed by atoms with Crippen LogP contribution in [0.2, 0.25) is 0 Å². The second-order valence-corrected chi connectivity index (χ2v) is 6.52. The highest BCUT2D eigenvalue weighted by Gasteiger charge is 2.47. The molecule has 0 saturated carbocycles. The lowest BCUT2D eigenvalue weighted by Crippen LogP contribution is -2.34. The van der Waals surface area contributed by atoms with Gasteiger partial charge in [0.15, 0.2) is 0 Å². The molecule has 4 nitrogen and oxygen atoms in total. The van der Waals surface area contributed by atoms with Gasteiger partial charge in [-0.15, -0.1) is 0 Å². The molecule has 4 rings (SSSR count). The van der Waals surface area contributed by atoms with Crippen molar-refractivity contribution in [1.29, 1.82) is 0 Å². The van der Waals surface area contributed by atoms with Crippen molar-refractivity contribution in [3.05, 3.63) is 70.8 Å². The second kappa shape index (κ2) is 6.72. The standard InChI is InChI=1S/C21H19NO3/c1-15-2-4-16(5-3-15)6-7-17-8-10-18(11-9-17)12-22-20-19(14-25-22)13-24-21(20)23/h2-5,8-11,19-20H,12-14H2,1H3/t19-,20+/m1/s1. The van der Waals surface area contributed by atoms with Crippen molar-refractivity contribution >= 4 is 5.97 Å². The number of benzene rings is 2. The number of carbonyl (C=O) groups excluding carboxylic acids is 1. The maximum Gasteiger partial charge on any atom is 0.326 e. The van der Waals surface area contributed by atoms with Crippen LogP contribution in [0.5, 0.6) is 0 Å². The Balaban J connectivity index is 1.42. The molecule has 2 aliphatic heterocycles. The van der Waals surface area contributed by atoms with E-state index in [2.05, 4.69) is 30.9 Å². The maximum atomic E-state index is 11.8. The van der Waals surface area contributed by atoms with Gasteiger partial charge in [0.25, 0.3) is 0 Å². The molecule has 2 saturated heterocycles. The first kappa shape index (κ1) is 15.9. The van der Waals surface area contributed by atoms with E-state index in [1.165, 1.54) is 5.56 Å². The van der Waals surface area contributed by atoms with Gasteiger partial charge in [-0.2, -0.15) is 5.06 Å². The van der Waals surface area contributed by atoms with Gasteiger partial charge in [-0.3, -0.25) is 9.63 Å². The number of fused-ring (bicyclic) bond motifs is 1. The highest BCUT2D eigenvalue weighted by atomic mass is 16.7. The molecule has 126 valence electrons. The van der Waals surface area contributed by atoms with Crippen molar-refractivity contribution in [3.8, 4) is 11.8 Å². The van der Waals surface area contributed by atoms with E-state index >= 15 is 0 Å². The molecule has 0 amide bonds. The third-order valence-corrected chi connectivity index (χ3v) is 4.59. The number of cyclic esters (lactones) is 1. The van der Waals surface area contributed by atoms with Gasteiger partial charge in [0, 0.05) is 17.0 Å². The Hall–Kier alpha value is -2.61. The lowest BCUT2D eigenvalue weighted by molar-refractivity contribution is -0.170. The predicted octanol–water partition coefficient (Wildman–Crippen LogP) is 2.68. The van der Waals surface area contributed by atoms with E-state index < -0.39 is 0 Å². The number of aryl methyl sites for hydroxylation is 1. The number of esters is 1. The molecule has 2 aromatic rings. The van der Waals surface area contributed by atoms with Crippen LogP contribution in [0.1, 0.15) is 22.3 Å². The molecule has 0 radical (unpaired) electrons. The molecule has 2 aromatic carbocycles. The molecule has 4 heteroatoms. The molecule has 2 aliphatic rings. The molecule has 0 spiro atoms. The summed E-state index contributed by atoms with van der Waals surface area (Å²) in [6, 6.07) is 16.0. The number of rotatable bonds is 2. The number of hydroxylamine groups is 2. The zero-order valence-corrected chi connectivity index (χ0v) is 14.1. The summed E-state index contributed by atoms with van der Waals surface area (Å²) in [6.45, 7) is 3.65. The fourth-order valence-electron chi connectivity index (χ4n) is 3.12. The van der Waals surface area contributed by atoms with Crippen LogP contribution in [0.25, 0.3) is 0 Å². The van der Waals surface area contributed by atoms with Crippen LogP contribution in [-0.4, -0.2) is 30.3 Å². The molecule has 0 bridgehead atoms. The third kappa shape index (κ3) is 3.43. The third-order valence-electron chi connectivity index (χ3n) is 4.59. The summed E-state index contributed by atoms with van der Waals surface area (Å²) in [6.07, 6.45) is 0. The van der Waals surface area contributed by atoms with E-state index in [0.717, 1.165) is 16.7 Å². The van der Waals surface area contributed by atoms with E-state index in [9.17, 15) is 4.79 Å². The summed E-state index contributed by atoms with van der Waals surface area (Å²) < 4.78 is 5.11. The number of hydrogen-bond donors (Lipinski definition) is 0. The van der Waals surface area contributed by atoms with Crippen molar-refractivity contribution < 1.29 is 14.4 Å². The van der Waals surface area contributed by atoms with E-state index in [-0.39, 0.29) is 17.9 Å². The van der Waals surface area contributed by atoms with Gasteiger partial charge in [0.05, 0.1) is 19.8 Å². The van der Waals surface area contributed by atoms with Crippen molar-refractivity contribution in [2.75, 3.05) is 13.2 Å². The number of ether oxygens (including phenoxy) is 1. The van der Waals surface area contributed by atoms with Crippen LogP contribution >= 0.6 is 0 Å². The zero-order chi connectivity index (χ0) is 17.2. The first-order chi connectivity index (χ1) is 12.2. The average molecular weight is 333 g/mol. The second-order valence-electron chi connectivity index (χ2n) is 6.52. The predicted molar refractivity (Wildman–Crippen MR) is 93.3 cm³/mol. The minimum Gasteiger partial charge on any atom is -0.464 e. The fourth-order valence-corrected chi connectivity index (χ4v) is 3.12. The smallest absolute Gasteiger partial charge is 0.326 e. The summed E-state index contributed by atoms with van der Waals surface area (Å²) in [5, 5.41) is 1.74. The lowest BCUT2D eigenvalue weighted by Gasteiger charge is -2.18. The van der Waals surface area contributed by atoms with Crippen LogP contribution in [0.3, 0.4) is 0 Å². The normalized spacial score (nSPS) is 22.2. The van der Waals surface area contributed by atoms with E-state index in [4.69, 9.17) is 9.57 Å². The SMILES string of the molecule is Cc1ccc(C#Cc2ccc(CN3OC[C@H]4COC(=O)[C@H]43)cc2)cc1. The highest BCUT2D eigenvalue weighted by Crippen LogP contribution is 2.29. The van der Waals surface area contributed by atoms with Crippen molar-refractivity contribution in [2.45, 2.75) is 19.5 Å². The van der Waals surface area contributed by atoms with Gasteiger partial charge < -0.3 is 4.74 Å². The van der Waals surface area contributed by atoms with E-state index in [1.54, 1.807) is 5.06 Å².